The second kappa shape index (κ2) is 8.75. The summed E-state index contributed by atoms with van der Waals surface area (Å²) in [5, 5.41) is 11.1. The minimum Gasteiger partial charge on any atom is -0.507 e. The van der Waals surface area contributed by atoms with Crippen LogP contribution in [-0.4, -0.2) is 23.4 Å². The predicted octanol–water partition coefficient (Wildman–Crippen LogP) is 5.31. The van der Waals surface area contributed by atoms with Crippen LogP contribution in [0.25, 0.3) is 5.76 Å². The molecule has 0 spiro atoms. The molecule has 2 aromatic carbocycles. The van der Waals surface area contributed by atoms with Crippen molar-refractivity contribution in [2.24, 2.45) is 0 Å². The second-order valence-electron chi connectivity index (χ2n) is 7.85. The summed E-state index contributed by atoms with van der Waals surface area (Å²) in [6.45, 7) is 6.45. The molecule has 1 atom stereocenters. The van der Waals surface area contributed by atoms with Crippen LogP contribution >= 0.6 is 0 Å². The number of aliphatic hydroxyl groups excluding tert-OH is 1. The van der Waals surface area contributed by atoms with Crippen LogP contribution in [-0.2, 0) is 9.59 Å². The van der Waals surface area contributed by atoms with Gasteiger partial charge in [-0.1, -0.05) is 24.6 Å². The number of hydrogen-bond acceptors (Lipinski definition) is 5. The number of ketones is 1. The standard InChI is InChI=1S/C26H25NO5/c1-4-13-31-19-10-8-18(9-11-19)24(28)22-23(21-6-5-14-32-21)27(26(30)25(22)29)20-12-7-16(2)15-17(20)3/h5-12,14-15,23,28H,4,13H2,1-3H3/b24-22-. The lowest BCUT2D eigenvalue weighted by Gasteiger charge is -2.25. The van der Waals surface area contributed by atoms with Gasteiger partial charge >= 0.3 is 0 Å². The van der Waals surface area contributed by atoms with Crippen molar-refractivity contribution in [3.63, 3.8) is 0 Å². The smallest absolute Gasteiger partial charge is 0.300 e. The van der Waals surface area contributed by atoms with E-state index >= 15 is 0 Å². The Morgan fingerprint density at radius 1 is 1.09 bits per heavy atom. The van der Waals surface area contributed by atoms with E-state index in [1.165, 1.54) is 11.2 Å². The molecular formula is C26H25NO5. The number of carbonyl (C=O) groups excluding carboxylic acids is 2. The summed E-state index contributed by atoms with van der Waals surface area (Å²) in [4.78, 5) is 27.7. The van der Waals surface area contributed by atoms with Crippen LogP contribution in [0.2, 0.25) is 0 Å². The number of rotatable bonds is 6. The summed E-state index contributed by atoms with van der Waals surface area (Å²) in [6, 6.07) is 15.0. The van der Waals surface area contributed by atoms with Crippen molar-refractivity contribution in [3.05, 3.63) is 88.9 Å². The maximum atomic E-state index is 13.1. The maximum absolute atomic E-state index is 13.1. The Morgan fingerprint density at radius 2 is 1.84 bits per heavy atom. The lowest BCUT2D eigenvalue weighted by molar-refractivity contribution is -0.132. The van der Waals surface area contributed by atoms with Gasteiger partial charge in [-0.3, -0.25) is 14.5 Å². The molecule has 0 aliphatic carbocycles. The molecule has 0 bridgehead atoms. The number of nitrogens with zero attached hydrogens (tertiary/aromatic N) is 1. The summed E-state index contributed by atoms with van der Waals surface area (Å²) in [5.41, 5.74) is 2.90. The number of aliphatic hydroxyl groups is 1. The molecule has 0 radical (unpaired) electrons. The van der Waals surface area contributed by atoms with Gasteiger partial charge in [-0.05, 0) is 68.3 Å². The average molecular weight is 431 g/mol. The largest absolute Gasteiger partial charge is 0.507 e. The van der Waals surface area contributed by atoms with Gasteiger partial charge in [-0.25, -0.2) is 0 Å². The molecule has 6 heteroatoms. The molecule has 164 valence electrons. The van der Waals surface area contributed by atoms with E-state index in [0.29, 0.717) is 29.4 Å². The molecule has 6 nitrogen and oxygen atoms in total. The van der Waals surface area contributed by atoms with Crippen LogP contribution in [0.15, 0.2) is 70.9 Å². The van der Waals surface area contributed by atoms with E-state index in [2.05, 4.69) is 0 Å². The van der Waals surface area contributed by atoms with Crippen LogP contribution in [0.5, 0.6) is 5.75 Å². The van der Waals surface area contributed by atoms with Gasteiger partial charge in [0, 0.05) is 11.3 Å². The highest BCUT2D eigenvalue weighted by molar-refractivity contribution is 6.51. The minimum absolute atomic E-state index is 0.00727. The summed E-state index contributed by atoms with van der Waals surface area (Å²) in [7, 11) is 0. The fourth-order valence-electron chi connectivity index (χ4n) is 3.96. The van der Waals surface area contributed by atoms with Gasteiger partial charge in [0.1, 0.15) is 23.3 Å². The molecular weight excluding hydrogens is 406 g/mol. The van der Waals surface area contributed by atoms with Crippen molar-refractivity contribution in [1.29, 1.82) is 0 Å². The van der Waals surface area contributed by atoms with Crippen LogP contribution in [0.4, 0.5) is 5.69 Å². The number of furan rings is 1. The third-order valence-electron chi connectivity index (χ3n) is 5.47. The zero-order chi connectivity index (χ0) is 22.8. The number of amides is 1. The third kappa shape index (κ3) is 3.80. The van der Waals surface area contributed by atoms with E-state index in [-0.39, 0.29) is 11.3 Å². The van der Waals surface area contributed by atoms with Crippen molar-refractivity contribution < 1.29 is 23.8 Å². The molecule has 1 fully saturated rings. The van der Waals surface area contributed by atoms with Crippen LogP contribution in [0, 0.1) is 13.8 Å². The van der Waals surface area contributed by atoms with Crippen LogP contribution < -0.4 is 9.64 Å². The third-order valence-corrected chi connectivity index (χ3v) is 5.47. The summed E-state index contributed by atoms with van der Waals surface area (Å²) >= 11 is 0. The SMILES string of the molecule is CCCOc1ccc(/C(O)=C2/C(=O)C(=O)N(c3ccc(C)cc3C)C2c2ccco2)cc1. The van der Waals surface area contributed by atoms with Crippen molar-refractivity contribution >= 4 is 23.1 Å². The molecule has 1 aromatic heterocycles. The van der Waals surface area contributed by atoms with Gasteiger partial charge < -0.3 is 14.3 Å². The summed E-state index contributed by atoms with van der Waals surface area (Å²) < 4.78 is 11.2. The zero-order valence-electron chi connectivity index (χ0n) is 18.3. The van der Waals surface area contributed by atoms with Crippen molar-refractivity contribution in [1.82, 2.24) is 0 Å². The number of anilines is 1. The fraction of sp³-hybridized carbons (Fsp3) is 0.231. The number of carbonyl (C=O) groups is 2. The maximum Gasteiger partial charge on any atom is 0.300 e. The lowest BCUT2D eigenvalue weighted by atomic mass is 9.98. The normalized spacial score (nSPS) is 17.7. The van der Waals surface area contributed by atoms with Crippen LogP contribution in [0.1, 0.15) is 41.8 Å². The first kappa shape index (κ1) is 21.4. The molecule has 2 heterocycles. The molecule has 3 aromatic rings. The van der Waals surface area contributed by atoms with Gasteiger partial charge in [0.2, 0.25) is 0 Å². The van der Waals surface area contributed by atoms with E-state index in [4.69, 9.17) is 9.15 Å². The molecule has 1 saturated heterocycles. The number of hydrogen-bond donors (Lipinski definition) is 1. The highest BCUT2D eigenvalue weighted by Crippen LogP contribution is 2.43. The second-order valence-corrected chi connectivity index (χ2v) is 7.85. The minimum atomic E-state index is -0.873. The molecule has 4 rings (SSSR count). The summed E-state index contributed by atoms with van der Waals surface area (Å²) in [5.74, 6) is -0.646. The first-order chi connectivity index (χ1) is 15.4. The Balaban J connectivity index is 1.83. The zero-order valence-corrected chi connectivity index (χ0v) is 18.3. The quantitative estimate of drug-likeness (QED) is 0.325. The molecule has 32 heavy (non-hydrogen) atoms. The van der Waals surface area contributed by atoms with E-state index in [1.807, 2.05) is 39.0 Å². The van der Waals surface area contributed by atoms with Gasteiger partial charge in [0.05, 0.1) is 18.4 Å². The highest BCUT2D eigenvalue weighted by atomic mass is 16.5. The molecule has 0 saturated carbocycles. The molecule has 1 amide bonds. The Kier molecular flexibility index (Phi) is 5.86. The highest BCUT2D eigenvalue weighted by Gasteiger charge is 2.48. The first-order valence-electron chi connectivity index (χ1n) is 10.6. The topological polar surface area (TPSA) is 80.0 Å². The van der Waals surface area contributed by atoms with E-state index < -0.39 is 17.7 Å². The van der Waals surface area contributed by atoms with E-state index in [0.717, 1.165) is 17.5 Å². The van der Waals surface area contributed by atoms with E-state index in [1.54, 1.807) is 36.4 Å². The van der Waals surface area contributed by atoms with E-state index in [9.17, 15) is 14.7 Å². The Hall–Kier alpha value is -3.80. The monoisotopic (exact) mass is 431 g/mol. The van der Waals surface area contributed by atoms with Gasteiger partial charge in [0.25, 0.3) is 11.7 Å². The fourth-order valence-corrected chi connectivity index (χ4v) is 3.96. The number of aryl methyl sites for hydroxylation is 2. The first-order valence-corrected chi connectivity index (χ1v) is 10.6. The Labute approximate surface area is 186 Å². The van der Waals surface area contributed by atoms with Crippen molar-refractivity contribution in [2.75, 3.05) is 11.5 Å². The molecule has 1 N–H and O–H groups in total. The van der Waals surface area contributed by atoms with Crippen molar-refractivity contribution in [3.8, 4) is 5.75 Å². The van der Waals surface area contributed by atoms with Crippen molar-refractivity contribution in [2.45, 2.75) is 33.2 Å². The number of Topliss-reactive ketones (excluding diaryl/α,β-unsaturated/α-hetero) is 1. The Bertz CT molecular complexity index is 1180. The van der Waals surface area contributed by atoms with Gasteiger partial charge in [-0.15, -0.1) is 0 Å². The van der Waals surface area contributed by atoms with Gasteiger partial charge in [0.15, 0.2) is 0 Å². The summed E-state index contributed by atoms with van der Waals surface area (Å²) in [6.07, 6.45) is 2.37. The molecule has 1 aliphatic rings. The lowest BCUT2D eigenvalue weighted by Crippen LogP contribution is -2.30. The average Bonchev–Trinajstić information content (AvgIpc) is 3.40. The predicted molar refractivity (Wildman–Crippen MR) is 122 cm³/mol. The number of ether oxygens (including phenoxy) is 1. The Morgan fingerprint density at radius 3 is 2.47 bits per heavy atom. The van der Waals surface area contributed by atoms with Gasteiger partial charge in [-0.2, -0.15) is 0 Å². The van der Waals surface area contributed by atoms with Crippen LogP contribution in [0.3, 0.4) is 0 Å². The molecule has 1 unspecified atom stereocenters. The molecule has 1 aliphatic heterocycles. The number of benzene rings is 2.